The third-order valence-corrected chi connectivity index (χ3v) is 3.24. The molecule has 16 heavy (non-hydrogen) atoms. The summed E-state index contributed by atoms with van der Waals surface area (Å²) in [5.41, 5.74) is 0. The van der Waals surface area contributed by atoms with Crippen molar-refractivity contribution in [3.05, 3.63) is 17.0 Å². The molecule has 0 bridgehead atoms. The van der Waals surface area contributed by atoms with E-state index in [-0.39, 0.29) is 17.3 Å². The molecule has 1 rings (SSSR count). The number of anilines is 1. The van der Waals surface area contributed by atoms with Crippen LogP contribution < -0.4 is 10.2 Å². The highest BCUT2D eigenvalue weighted by Crippen LogP contribution is 2.25. The largest absolute Gasteiger partial charge is 0.477 e. The minimum atomic E-state index is -0.938. The zero-order valence-corrected chi connectivity index (χ0v) is 10.0. The van der Waals surface area contributed by atoms with E-state index in [1.807, 2.05) is 11.8 Å². The Morgan fingerprint density at radius 1 is 1.50 bits per heavy atom. The van der Waals surface area contributed by atoms with Gasteiger partial charge in [-0.15, -0.1) is 11.3 Å². The van der Waals surface area contributed by atoms with Crippen LogP contribution in [-0.4, -0.2) is 37.1 Å². The van der Waals surface area contributed by atoms with Crippen molar-refractivity contribution in [1.29, 1.82) is 0 Å². The Balaban J connectivity index is 2.78. The fourth-order valence-corrected chi connectivity index (χ4v) is 2.12. The molecule has 0 unspecified atom stereocenters. The van der Waals surface area contributed by atoms with Crippen molar-refractivity contribution in [2.24, 2.45) is 0 Å². The average Bonchev–Trinajstić information content (AvgIpc) is 2.74. The minimum Gasteiger partial charge on any atom is -0.477 e. The van der Waals surface area contributed by atoms with Gasteiger partial charge in [-0.3, -0.25) is 4.79 Å². The summed E-state index contributed by atoms with van der Waals surface area (Å²) >= 11 is 1.17. The average molecular weight is 242 g/mol. The Morgan fingerprint density at radius 2 is 2.19 bits per heavy atom. The van der Waals surface area contributed by atoms with Gasteiger partial charge in [-0.05, 0) is 19.1 Å². The summed E-state index contributed by atoms with van der Waals surface area (Å²) in [4.78, 5) is 24.1. The van der Waals surface area contributed by atoms with E-state index in [1.54, 1.807) is 19.2 Å². The number of nitrogens with one attached hydrogen (secondary N) is 1. The quantitative estimate of drug-likeness (QED) is 0.808. The van der Waals surface area contributed by atoms with Gasteiger partial charge in [0, 0.05) is 13.6 Å². The lowest BCUT2D eigenvalue weighted by molar-refractivity contribution is -0.119. The number of likely N-dealkylation sites (N-methyl/N-ethyl adjacent to an activating group) is 2. The van der Waals surface area contributed by atoms with Gasteiger partial charge in [-0.25, -0.2) is 4.79 Å². The number of hydrogen-bond donors (Lipinski definition) is 2. The number of amides is 1. The molecule has 0 saturated carbocycles. The second kappa shape index (κ2) is 5.50. The summed E-state index contributed by atoms with van der Waals surface area (Å²) in [6.07, 6.45) is 0. The molecule has 0 spiro atoms. The van der Waals surface area contributed by atoms with Crippen LogP contribution >= 0.6 is 11.3 Å². The first-order valence-electron chi connectivity index (χ1n) is 4.87. The van der Waals surface area contributed by atoms with Crippen molar-refractivity contribution < 1.29 is 14.7 Å². The lowest BCUT2D eigenvalue weighted by Gasteiger charge is -2.19. The molecule has 0 aromatic carbocycles. The first kappa shape index (κ1) is 12.5. The summed E-state index contributed by atoms with van der Waals surface area (Å²) in [7, 11) is 1.58. The molecule has 0 radical (unpaired) electrons. The Hall–Kier alpha value is -1.56. The fourth-order valence-electron chi connectivity index (χ4n) is 1.21. The van der Waals surface area contributed by atoms with Crippen LogP contribution in [-0.2, 0) is 4.79 Å². The maximum absolute atomic E-state index is 11.2. The molecule has 0 aliphatic heterocycles. The van der Waals surface area contributed by atoms with Gasteiger partial charge in [-0.2, -0.15) is 0 Å². The smallest absolute Gasteiger partial charge is 0.345 e. The van der Waals surface area contributed by atoms with Gasteiger partial charge in [0.1, 0.15) is 4.88 Å². The maximum atomic E-state index is 11.2. The molecule has 0 fully saturated rings. The number of thiophene rings is 1. The third kappa shape index (κ3) is 2.96. The second-order valence-electron chi connectivity index (χ2n) is 3.13. The normalized spacial score (nSPS) is 9.88. The summed E-state index contributed by atoms with van der Waals surface area (Å²) < 4.78 is 0. The third-order valence-electron chi connectivity index (χ3n) is 2.11. The van der Waals surface area contributed by atoms with E-state index in [2.05, 4.69) is 5.32 Å². The van der Waals surface area contributed by atoms with E-state index in [9.17, 15) is 9.59 Å². The number of carboxylic acid groups (broad SMARTS) is 1. The van der Waals surface area contributed by atoms with Crippen LogP contribution in [0.5, 0.6) is 0 Å². The number of rotatable bonds is 5. The number of carbonyl (C=O) groups is 2. The second-order valence-corrected chi connectivity index (χ2v) is 4.19. The Morgan fingerprint density at radius 3 is 2.62 bits per heavy atom. The summed E-state index contributed by atoms with van der Waals surface area (Å²) in [6.45, 7) is 2.82. The van der Waals surface area contributed by atoms with E-state index >= 15 is 0 Å². The molecule has 1 heterocycles. The lowest BCUT2D eigenvalue weighted by Crippen LogP contribution is -2.35. The van der Waals surface area contributed by atoms with Gasteiger partial charge in [0.25, 0.3) is 0 Å². The Kier molecular flexibility index (Phi) is 4.30. The highest BCUT2D eigenvalue weighted by molar-refractivity contribution is 7.17. The van der Waals surface area contributed by atoms with Crippen LogP contribution in [0.2, 0.25) is 0 Å². The van der Waals surface area contributed by atoms with Gasteiger partial charge in [0.15, 0.2) is 0 Å². The van der Waals surface area contributed by atoms with Crippen molar-refractivity contribution in [2.75, 3.05) is 25.0 Å². The summed E-state index contributed by atoms with van der Waals surface area (Å²) in [5, 5.41) is 12.1. The SMILES string of the molecule is CCN(CC(=O)NC)c1ccc(C(=O)O)s1. The van der Waals surface area contributed by atoms with Gasteiger partial charge in [0.2, 0.25) is 5.91 Å². The van der Waals surface area contributed by atoms with Crippen LogP contribution in [0.3, 0.4) is 0 Å². The number of carbonyl (C=O) groups excluding carboxylic acids is 1. The zero-order chi connectivity index (χ0) is 12.1. The molecule has 0 aliphatic carbocycles. The number of aromatic carboxylic acids is 1. The van der Waals surface area contributed by atoms with Crippen LogP contribution in [0.4, 0.5) is 5.00 Å². The first-order valence-corrected chi connectivity index (χ1v) is 5.68. The molecule has 88 valence electrons. The number of hydrogen-bond acceptors (Lipinski definition) is 4. The predicted molar refractivity (Wildman–Crippen MR) is 63.2 cm³/mol. The van der Waals surface area contributed by atoms with E-state index in [0.29, 0.717) is 6.54 Å². The highest BCUT2D eigenvalue weighted by Gasteiger charge is 2.13. The van der Waals surface area contributed by atoms with Crippen molar-refractivity contribution in [2.45, 2.75) is 6.92 Å². The molecule has 0 atom stereocenters. The molecule has 1 aromatic rings. The molecular formula is C10H14N2O3S. The predicted octanol–water partition coefficient (Wildman–Crippen LogP) is 1.02. The maximum Gasteiger partial charge on any atom is 0.345 e. The summed E-state index contributed by atoms with van der Waals surface area (Å²) in [5.74, 6) is -1.03. The summed E-state index contributed by atoms with van der Waals surface area (Å²) in [6, 6.07) is 3.27. The molecule has 6 heteroatoms. The Labute approximate surface area is 97.7 Å². The Bertz CT molecular complexity index is 389. The molecule has 0 saturated heterocycles. The number of carboxylic acids is 1. The molecular weight excluding hydrogens is 228 g/mol. The zero-order valence-electron chi connectivity index (χ0n) is 9.19. The van der Waals surface area contributed by atoms with Crippen LogP contribution in [0, 0.1) is 0 Å². The van der Waals surface area contributed by atoms with Gasteiger partial charge < -0.3 is 15.3 Å². The van der Waals surface area contributed by atoms with Crippen LogP contribution in [0.15, 0.2) is 12.1 Å². The highest BCUT2D eigenvalue weighted by atomic mass is 32.1. The van der Waals surface area contributed by atoms with Crippen LogP contribution in [0.25, 0.3) is 0 Å². The molecule has 2 N–H and O–H groups in total. The van der Waals surface area contributed by atoms with E-state index in [1.165, 1.54) is 11.3 Å². The van der Waals surface area contributed by atoms with E-state index in [4.69, 9.17) is 5.11 Å². The van der Waals surface area contributed by atoms with Crippen molar-refractivity contribution >= 4 is 28.2 Å². The van der Waals surface area contributed by atoms with Gasteiger partial charge >= 0.3 is 5.97 Å². The molecule has 1 amide bonds. The minimum absolute atomic E-state index is 0.0906. The molecule has 1 aromatic heterocycles. The van der Waals surface area contributed by atoms with E-state index < -0.39 is 5.97 Å². The van der Waals surface area contributed by atoms with E-state index in [0.717, 1.165) is 5.00 Å². The van der Waals surface area contributed by atoms with Gasteiger partial charge in [-0.1, -0.05) is 0 Å². The van der Waals surface area contributed by atoms with Crippen molar-refractivity contribution in [3.63, 3.8) is 0 Å². The monoisotopic (exact) mass is 242 g/mol. The van der Waals surface area contributed by atoms with Crippen molar-refractivity contribution in [1.82, 2.24) is 5.32 Å². The number of nitrogens with zero attached hydrogens (tertiary/aromatic N) is 1. The fraction of sp³-hybridized carbons (Fsp3) is 0.400. The topological polar surface area (TPSA) is 69.6 Å². The first-order chi connectivity index (χ1) is 7.58. The standard InChI is InChI=1S/C10H14N2O3S/c1-3-12(6-8(13)11-2)9-5-4-7(16-9)10(14)15/h4-5H,3,6H2,1-2H3,(H,11,13)(H,14,15). The van der Waals surface area contributed by atoms with Crippen LogP contribution in [0.1, 0.15) is 16.6 Å². The van der Waals surface area contributed by atoms with Crippen molar-refractivity contribution in [3.8, 4) is 0 Å². The molecule has 0 aliphatic rings. The van der Waals surface area contributed by atoms with Gasteiger partial charge in [0.05, 0.1) is 11.5 Å². The molecule has 5 nitrogen and oxygen atoms in total. The lowest BCUT2D eigenvalue weighted by atomic mass is 10.4.